The van der Waals surface area contributed by atoms with Crippen LogP contribution in [0.15, 0.2) is 24.3 Å². The fourth-order valence-electron chi connectivity index (χ4n) is 2.69. The molecule has 1 atom stereocenters. The largest absolute Gasteiger partial charge is 0.345 e. The van der Waals surface area contributed by atoms with Gasteiger partial charge in [-0.15, -0.1) is 0 Å². The van der Waals surface area contributed by atoms with Gasteiger partial charge in [0.1, 0.15) is 6.04 Å². The van der Waals surface area contributed by atoms with E-state index in [4.69, 9.17) is 0 Å². The van der Waals surface area contributed by atoms with Gasteiger partial charge in [-0.05, 0) is 32.8 Å². The molecule has 116 valence electrons. The summed E-state index contributed by atoms with van der Waals surface area (Å²) in [6.07, 6.45) is 1.82. The van der Waals surface area contributed by atoms with Crippen molar-refractivity contribution in [2.24, 2.45) is 0 Å². The van der Waals surface area contributed by atoms with Gasteiger partial charge in [0.25, 0.3) is 5.91 Å². The lowest BCUT2D eigenvalue weighted by Crippen LogP contribution is -2.46. The van der Waals surface area contributed by atoms with Crippen LogP contribution in [0.2, 0.25) is 0 Å². The Morgan fingerprint density at radius 2 is 1.77 bits per heavy atom. The highest BCUT2D eigenvalue weighted by atomic mass is 16.2. The number of para-hydroxylation sites is 1. The summed E-state index contributed by atoms with van der Waals surface area (Å²) in [5.41, 5.74) is 1.52. The molecule has 1 heterocycles. The van der Waals surface area contributed by atoms with Gasteiger partial charge in [0.2, 0.25) is 0 Å². The third kappa shape index (κ3) is 2.56. The van der Waals surface area contributed by atoms with Gasteiger partial charge >= 0.3 is 11.8 Å². The normalized spacial score (nSPS) is 20.0. The topological polar surface area (TPSA) is 78.5 Å². The van der Waals surface area contributed by atoms with E-state index in [0.717, 1.165) is 24.1 Å². The molecule has 1 fully saturated rings. The minimum atomic E-state index is -0.795. The zero-order valence-electron chi connectivity index (χ0n) is 12.6. The van der Waals surface area contributed by atoms with E-state index in [-0.39, 0.29) is 18.0 Å². The third-order valence-electron chi connectivity index (χ3n) is 3.90. The Hall–Kier alpha value is -2.37. The molecule has 22 heavy (non-hydrogen) atoms. The molecule has 3 amide bonds. The molecule has 3 rings (SSSR count). The first kappa shape index (κ1) is 14.6. The van der Waals surface area contributed by atoms with Crippen molar-refractivity contribution in [3.63, 3.8) is 0 Å². The van der Waals surface area contributed by atoms with Crippen molar-refractivity contribution in [1.82, 2.24) is 10.6 Å². The molecule has 1 aromatic rings. The Balaban J connectivity index is 1.79. The van der Waals surface area contributed by atoms with Gasteiger partial charge in [-0.3, -0.25) is 14.4 Å². The maximum Gasteiger partial charge on any atom is 0.310 e. The number of amides is 3. The Kier molecular flexibility index (Phi) is 3.60. The monoisotopic (exact) mass is 301 g/mol. The molecular weight excluding hydrogens is 282 g/mol. The Bertz CT molecular complexity index is 637. The first-order chi connectivity index (χ1) is 10.5. The summed E-state index contributed by atoms with van der Waals surface area (Å²) in [6.45, 7) is 3.83. The lowest BCUT2D eigenvalue weighted by Gasteiger charge is -2.22. The van der Waals surface area contributed by atoms with E-state index in [0.29, 0.717) is 0 Å². The van der Waals surface area contributed by atoms with E-state index < -0.39 is 17.9 Å². The second-order valence-electron chi connectivity index (χ2n) is 6.02. The fraction of sp³-hybridized carbons (Fsp3) is 0.438. The van der Waals surface area contributed by atoms with E-state index in [1.807, 2.05) is 32.0 Å². The van der Waals surface area contributed by atoms with Crippen LogP contribution in [0, 0.1) is 0 Å². The number of carbonyl (C=O) groups is 3. The molecule has 1 saturated carbocycles. The van der Waals surface area contributed by atoms with Crippen molar-refractivity contribution < 1.29 is 14.4 Å². The van der Waals surface area contributed by atoms with Gasteiger partial charge in [-0.1, -0.05) is 18.2 Å². The summed E-state index contributed by atoms with van der Waals surface area (Å²) < 4.78 is 0. The summed E-state index contributed by atoms with van der Waals surface area (Å²) in [7, 11) is 0. The van der Waals surface area contributed by atoms with Crippen molar-refractivity contribution in [3.8, 4) is 0 Å². The van der Waals surface area contributed by atoms with Gasteiger partial charge in [0, 0.05) is 23.3 Å². The second-order valence-corrected chi connectivity index (χ2v) is 6.02. The quantitative estimate of drug-likeness (QED) is 0.813. The summed E-state index contributed by atoms with van der Waals surface area (Å²) >= 11 is 0. The van der Waals surface area contributed by atoms with Crippen LogP contribution in [0.3, 0.4) is 0 Å². The highest BCUT2D eigenvalue weighted by Gasteiger charge is 2.40. The number of hydrogen-bond donors (Lipinski definition) is 2. The van der Waals surface area contributed by atoms with Gasteiger partial charge in [0.15, 0.2) is 0 Å². The van der Waals surface area contributed by atoms with Crippen molar-refractivity contribution >= 4 is 23.4 Å². The summed E-state index contributed by atoms with van der Waals surface area (Å²) in [6, 6.07) is 6.62. The van der Waals surface area contributed by atoms with Crippen LogP contribution < -0.4 is 15.5 Å². The summed E-state index contributed by atoms with van der Waals surface area (Å²) in [5, 5.41) is 5.18. The van der Waals surface area contributed by atoms with Crippen molar-refractivity contribution in [3.05, 3.63) is 29.8 Å². The zero-order chi connectivity index (χ0) is 15.9. The lowest BCUT2D eigenvalue weighted by atomic mass is 10.1. The number of nitrogens with one attached hydrogen (secondary N) is 2. The fourth-order valence-corrected chi connectivity index (χ4v) is 2.69. The summed E-state index contributed by atoms with van der Waals surface area (Å²) in [5.74, 6) is -1.63. The van der Waals surface area contributed by atoms with E-state index >= 15 is 0 Å². The molecule has 2 N–H and O–H groups in total. The van der Waals surface area contributed by atoms with Crippen molar-refractivity contribution in [2.45, 2.75) is 44.8 Å². The number of benzene rings is 1. The van der Waals surface area contributed by atoms with Crippen LogP contribution in [0.4, 0.5) is 5.69 Å². The molecule has 0 spiro atoms. The van der Waals surface area contributed by atoms with Gasteiger partial charge in [0.05, 0.1) is 0 Å². The first-order valence-corrected chi connectivity index (χ1v) is 7.52. The Morgan fingerprint density at radius 1 is 1.14 bits per heavy atom. The molecule has 0 unspecified atom stereocenters. The smallest absolute Gasteiger partial charge is 0.310 e. The predicted molar refractivity (Wildman–Crippen MR) is 81.1 cm³/mol. The molecule has 1 aliphatic carbocycles. The Labute approximate surface area is 128 Å². The molecule has 0 saturated heterocycles. The van der Waals surface area contributed by atoms with Crippen LogP contribution in [-0.4, -0.2) is 29.8 Å². The SMILES string of the molecule is CC(C)N1C(=O)[C@H](NC(=O)C(=O)NC2CC2)c2ccccc21. The molecule has 6 heteroatoms. The van der Waals surface area contributed by atoms with Crippen LogP contribution in [0.5, 0.6) is 0 Å². The van der Waals surface area contributed by atoms with Crippen molar-refractivity contribution in [1.29, 1.82) is 0 Å². The lowest BCUT2D eigenvalue weighted by molar-refractivity contribution is -0.140. The van der Waals surface area contributed by atoms with Crippen LogP contribution >= 0.6 is 0 Å². The molecule has 0 radical (unpaired) electrons. The maximum atomic E-state index is 12.6. The average Bonchev–Trinajstić information content (AvgIpc) is 3.24. The Morgan fingerprint density at radius 3 is 2.41 bits per heavy atom. The van der Waals surface area contributed by atoms with Crippen LogP contribution in [0.25, 0.3) is 0 Å². The molecule has 0 bridgehead atoms. The summed E-state index contributed by atoms with van der Waals surface area (Å²) in [4.78, 5) is 38.0. The number of anilines is 1. The van der Waals surface area contributed by atoms with E-state index in [2.05, 4.69) is 10.6 Å². The first-order valence-electron chi connectivity index (χ1n) is 7.52. The second kappa shape index (κ2) is 5.44. The molecule has 1 aromatic carbocycles. The van der Waals surface area contributed by atoms with Crippen molar-refractivity contribution in [2.75, 3.05) is 4.90 Å². The predicted octanol–water partition coefficient (Wildman–Crippen LogP) is 0.878. The molecule has 6 nitrogen and oxygen atoms in total. The third-order valence-corrected chi connectivity index (χ3v) is 3.90. The minimum Gasteiger partial charge on any atom is -0.345 e. The molecule has 1 aliphatic heterocycles. The van der Waals surface area contributed by atoms with E-state index in [1.165, 1.54) is 0 Å². The number of carbonyl (C=O) groups excluding carboxylic acids is 3. The van der Waals surface area contributed by atoms with Crippen LogP contribution in [-0.2, 0) is 14.4 Å². The maximum absolute atomic E-state index is 12.6. The molecule has 0 aromatic heterocycles. The van der Waals surface area contributed by atoms with E-state index in [9.17, 15) is 14.4 Å². The molecular formula is C16H19N3O3. The highest BCUT2D eigenvalue weighted by molar-refractivity contribution is 6.35. The van der Waals surface area contributed by atoms with E-state index in [1.54, 1.807) is 11.0 Å². The number of hydrogen-bond acceptors (Lipinski definition) is 3. The van der Waals surface area contributed by atoms with Gasteiger partial charge < -0.3 is 15.5 Å². The number of nitrogens with zero attached hydrogens (tertiary/aromatic N) is 1. The van der Waals surface area contributed by atoms with Crippen LogP contribution in [0.1, 0.15) is 38.3 Å². The van der Waals surface area contributed by atoms with Gasteiger partial charge in [-0.25, -0.2) is 0 Å². The number of fused-ring (bicyclic) bond motifs is 1. The average molecular weight is 301 g/mol. The minimum absolute atomic E-state index is 0.0177. The standard InChI is InChI=1S/C16H19N3O3/c1-9(2)19-12-6-4-3-5-11(12)13(16(19)22)18-15(21)14(20)17-10-7-8-10/h3-6,9-10,13H,7-8H2,1-2H3,(H,17,20)(H,18,21)/t13-/m1/s1. The number of rotatable bonds is 3. The van der Waals surface area contributed by atoms with Gasteiger partial charge in [-0.2, -0.15) is 0 Å². The molecule has 2 aliphatic rings. The zero-order valence-corrected chi connectivity index (χ0v) is 12.6. The highest BCUT2D eigenvalue weighted by Crippen LogP contribution is 2.36.